The number of rotatable bonds is 10. The number of hydrogen-bond acceptors (Lipinski definition) is 7. The highest BCUT2D eigenvalue weighted by Gasteiger charge is 2.43. The number of nitrogens with zero attached hydrogens (tertiary/aromatic N) is 2. The molecule has 0 aromatic rings. The maximum absolute atomic E-state index is 13.1. The first kappa shape index (κ1) is 24.9. The summed E-state index contributed by atoms with van der Waals surface area (Å²) in [6.45, 7) is 0.527. The lowest BCUT2D eigenvalue weighted by atomic mass is 10.1. The van der Waals surface area contributed by atoms with Crippen LogP contribution in [0.2, 0.25) is 0 Å². The fourth-order valence-electron chi connectivity index (χ4n) is 4.00. The van der Waals surface area contributed by atoms with Crippen molar-refractivity contribution in [2.24, 2.45) is 5.73 Å². The molecule has 174 valence electrons. The molecule has 5 N–H and O–H groups in total. The van der Waals surface area contributed by atoms with Crippen LogP contribution >= 0.6 is 11.8 Å². The van der Waals surface area contributed by atoms with Gasteiger partial charge in [0, 0.05) is 13.1 Å². The second-order valence-electron chi connectivity index (χ2n) is 7.76. The lowest BCUT2D eigenvalue weighted by Crippen LogP contribution is -2.57. The molecule has 2 aliphatic heterocycles. The van der Waals surface area contributed by atoms with E-state index in [-0.39, 0.29) is 6.54 Å². The highest BCUT2D eigenvalue weighted by atomic mass is 32.2. The Hall–Kier alpha value is -2.34. The normalized spacial score (nSPS) is 22.8. The Labute approximate surface area is 184 Å². The number of likely N-dealkylation sites (tertiary alicyclic amines) is 2. The third kappa shape index (κ3) is 6.33. The van der Waals surface area contributed by atoms with E-state index in [1.807, 2.05) is 6.26 Å². The predicted octanol–water partition coefficient (Wildman–Crippen LogP) is -0.907. The van der Waals surface area contributed by atoms with E-state index >= 15 is 0 Å². The SMILES string of the molecule is CSCCC(N)C(=O)NC(CC(=O)O)C(=O)N1CCCC1C(=O)N1CCCC1C(=O)O. The lowest BCUT2D eigenvalue weighted by molar-refractivity contribution is -0.153. The van der Waals surface area contributed by atoms with Crippen molar-refractivity contribution in [3.05, 3.63) is 0 Å². The Morgan fingerprint density at radius 2 is 1.68 bits per heavy atom. The van der Waals surface area contributed by atoms with E-state index in [0.717, 1.165) is 0 Å². The van der Waals surface area contributed by atoms with E-state index in [9.17, 15) is 34.2 Å². The average molecular weight is 459 g/mol. The first-order chi connectivity index (χ1) is 14.7. The molecule has 0 aromatic carbocycles. The number of amides is 3. The van der Waals surface area contributed by atoms with Crippen LogP contribution in [0.1, 0.15) is 38.5 Å². The smallest absolute Gasteiger partial charge is 0.326 e. The van der Waals surface area contributed by atoms with Crippen LogP contribution in [0, 0.1) is 0 Å². The van der Waals surface area contributed by atoms with E-state index in [2.05, 4.69) is 5.32 Å². The number of carboxylic acid groups (broad SMARTS) is 2. The minimum absolute atomic E-state index is 0.228. The highest BCUT2D eigenvalue weighted by molar-refractivity contribution is 7.98. The summed E-state index contributed by atoms with van der Waals surface area (Å²) in [5, 5.41) is 21.0. The molecule has 2 aliphatic rings. The van der Waals surface area contributed by atoms with Crippen molar-refractivity contribution in [1.82, 2.24) is 15.1 Å². The van der Waals surface area contributed by atoms with Crippen LogP contribution in [0.3, 0.4) is 0 Å². The van der Waals surface area contributed by atoms with Gasteiger partial charge in [0.25, 0.3) is 0 Å². The molecule has 2 fully saturated rings. The summed E-state index contributed by atoms with van der Waals surface area (Å²) in [6.07, 6.45) is 3.39. The van der Waals surface area contributed by atoms with Gasteiger partial charge in [0.2, 0.25) is 17.7 Å². The molecule has 2 rings (SSSR count). The van der Waals surface area contributed by atoms with E-state index in [1.165, 1.54) is 21.6 Å². The molecule has 11 nitrogen and oxygen atoms in total. The van der Waals surface area contributed by atoms with Gasteiger partial charge in [-0.2, -0.15) is 11.8 Å². The van der Waals surface area contributed by atoms with Crippen LogP contribution in [0.15, 0.2) is 0 Å². The minimum atomic E-state index is -1.35. The molecule has 4 atom stereocenters. The zero-order valence-electron chi connectivity index (χ0n) is 17.5. The second-order valence-corrected chi connectivity index (χ2v) is 8.75. The van der Waals surface area contributed by atoms with Gasteiger partial charge < -0.3 is 31.1 Å². The van der Waals surface area contributed by atoms with E-state index < -0.39 is 60.2 Å². The van der Waals surface area contributed by atoms with Gasteiger partial charge in [0.1, 0.15) is 18.1 Å². The number of carboxylic acids is 2. The summed E-state index contributed by atoms with van der Waals surface area (Å²) in [7, 11) is 0. The van der Waals surface area contributed by atoms with Crippen LogP contribution < -0.4 is 11.1 Å². The van der Waals surface area contributed by atoms with Crippen molar-refractivity contribution in [3.63, 3.8) is 0 Å². The summed E-state index contributed by atoms with van der Waals surface area (Å²) in [5.74, 6) is -3.47. The van der Waals surface area contributed by atoms with Crippen molar-refractivity contribution >= 4 is 41.4 Å². The van der Waals surface area contributed by atoms with Crippen molar-refractivity contribution in [3.8, 4) is 0 Å². The van der Waals surface area contributed by atoms with E-state index in [0.29, 0.717) is 44.4 Å². The zero-order chi connectivity index (χ0) is 23.1. The summed E-state index contributed by atoms with van der Waals surface area (Å²) in [6, 6.07) is -4.03. The molecule has 2 heterocycles. The Morgan fingerprint density at radius 3 is 2.26 bits per heavy atom. The molecule has 2 saturated heterocycles. The van der Waals surface area contributed by atoms with Crippen LogP contribution in [0.25, 0.3) is 0 Å². The summed E-state index contributed by atoms with van der Waals surface area (Å²) in [5.41, 5.74) is 5.82. The van der Waals surface area contributed by atoms with Crippen LogP contribution in [-0.2, 0) is 24.0 Å². The molecule has 0 bridgehead atoms. The molecular weight excluding hydrogens is 428 g/mol. The van der Waals surface area contributed by atoms with Crippen molar-refractivity contribution in [2.45, 2.75) is 62.7 Å². The molecule has 0 radical (unpaired) electrons. The molecule has 0 saturated carbocycles. The van der Waals surface area contributed by atoms with Gasteiger partial charge in [-0.25, -0.2) is 4.79 Å². The quantitative estimate of drug-likeness (QED) is 0.324. The molecule has 4 unspecified atom stereocenters. The van der Waals surface area contributed by atoms with Crippen LogP contribution in [0.4, 0.5) is 0 Å². The topological polar surface area (TPSA) is 170 Å². The number of aliphatic carboxylic acids is 2. The van der Waals surface area contributed by atoms with Gasteiger partial charge in [-0.15, -0.1) is 0 Å². The van der Waals surface area contributed by atoms with Crippen LogP contribution in [0.5, 0.6) is 0 Å². The number of nitrogens with one attached hydrogen (secondary N) is 1. The van der Waals surface area contributed by atoms with Gasteiger partial charge in [0.05, 0.1) is 12.5 Å². The number of carbonyl (C=O) groups is 5. The summed E-state index contributed by atoms with van der Waals surface area (Å²) in [4.78, 5) is 63.8. The zero-order valence-corrected chi connectivity index (χ0v) is 18.3. The fourth-order valence-corrected chi connectivity index (χ4v) is 4.49. The maximum atomic E-state index is 13.1. The Kier molecular flexibility index (Phi) is 9.11. The Balaban J connectivity index is 2.13. The standard InChI is InChI=1S/C19H30N4O7S/c1-31-9-6-11(20)16(26)21-12(10-15(24)25)17(27)22-7-2-4-13(22)18(28)23-8-3-5-14(23)19(29)30/h11-14H,2-10,20H2,1H3,(H,21,26)(H,24,25)(H,29,30). The molecule has 3 amide bonds. The van der Waals surface area contributed by atoms with Crippen LogP contribution in [-0.4, -0.2) is 98.9 Å². The van der Waals surface area contributed by atoms with Gasteiger partial charge in [-0.1, -0.05) is 0 Å². The second kappa shape index (κ2) is 11.3. The third-order valence-corrected chi connectivity index (χ3v) is 6.25. The molecule has 31 heavy (non-hydrogen) atoms. The van der Waals surface area contributed by atoms with Gasteiger partial charge >= 0.3 is 11.9 Å². The largest absolute Gasteiger partial charge is 0.481 e. The Morgan fingerprint density at radius 1 is 1.06 bits per heavy atom. The van der Waals surface area contributed by atoms with E-state index in [1.54, 1.807) is 0 Å². The molecular formula is C19H30N4O7S. The minimum Gasteiger partial charge on any atom is -0.481 e. The molecule has 12 heteroatoms. The average Bonchev–Trinajstić information content (AvgIpc) is 3.39. The lowest BCUT2D eigenvalue weighted by Gasteiger charge is -2.32. The van der Waals surface area contributed by atoms with Gasteiger partial charge in [0.15, 0.2) is 0 Å². The van der Waals surface area contributed by atoms with Gasteiger partial charge in [-0.05, 0) is 44.1 Å². The predicted molar refractivity (Wildman–Crippen MR) is 112 cm³/mol. The molecule has 0 aromatic heterocycles. The van der Waals surface area contributed by atoms with Crippen molar-refractivity contribution < 1.29 is 34.2 Å². The summed E-state index contributed by atoms with van der Waals surface area (Å²) >= 11 is 1.51. The number of nitrogens with two attached hydrogens (primary N) is 1. The first-order valence-electron chi connectivity index (χ1n) is 10.3. The number of thioether (sulfide) groups is 1. The van der Waals surface area contributed by atoms with E-state index in [4.69, 9.17) is 5.73 Å². The number of hydrogen-bond donors (Lipinski definition) is 4. The monoisotopic (exact) mass is 458 g/mol. The summed E-state index contributed by atoms with van der Waals surface area (Å²) < 4.78 is 0. The Bertz CT molecular complexity index is 719. The highest BCUT2D eigenvalue weighted by Crippen LogP contribution is 2.25. The van der Waals surface area contributed by atoms with Gasteiger partial charge in [-0.3, -0.25) is 19.2 Å². The fraction of sp³-hybridized carbons (Fsp3) is 0.737. The van der Waals surface area contributed by atoms with Crippen molar-refractivity contribution in [1.29, 1.82) is 0 Å². The molecule has 0 aliphatic carbocycles. The molecule has 0 spiro atoms. The van der Waals surface area contributed by atoms with Crippen molar-refractivity contribution in [2.75, 3.05) is 25.1 Å². The maximum Gasteiger partial charge on any atom is 0.326 e. The first-order valence-corrected chi connectivity index (χ1v) is 11.7. The third-order valence-electron chi connectivity index (χ3n) is 5.60. The number of carbonyl (C=O) groups excluding carboxylic acids is 3.